The van der Waals surface area contributed by atoms with Crippen LogP contribution in [-0.2, 0) is 5.41 Å². The second kappa shape index (κ2) is 19.9. The molecule has 0 bridgehead atoms. The number of para-hydroxylation sites is 6. The zero-order valence-corrected chi connectivity index (χ0v) is 50.3. The number of rotatable bonds is 9. The van der Waals surface area contributed by atoms with Gasteiger partial charge in [0, 0.05) is 76.8 Å². The zero-order chi connectivity index (χ0) is 60.8. The summed E-state index contributed by atoms with van der Waals surface area (Å²) in [5, 5.41) is 9.09. The van der Waals surface area contributed by atoms with E-state index in [-0.39, 0.29) is 5.41 Å². The molecule has 8 heteroatoms. The summed E-state index contributed by atoms with van der Waals surface area (Å²) in [6.07, 6.45) is 0. The van der Waals surface area contributed by atoms with Crippen LogP contribution in [0.3, 0.4) is 0 Å². The van der Waals surface area contributed by atoms with Gasteiger partial charge in [-0.1, -0.05) is 196 Å². The van der Waals surface area contributed by atoms with E-state index in [4.69, 9.17) is 19.4 Å². The number of hydrogen-bond donors (Lipinski definition) is 0. The first-order valence-corrected chi connectivity index (χ1v) is 31.4. The summed E-state index contributed by atoms with van der Waals surface area (Å²) < 4.78 is 13.1. The minimum absolute atomic E-state index is 0.232. The Hall–Kier alpha value is -12.1. The first-order chi connectivity index (χ1) is 45.4. The second-order valence-corrected chi connectivity index (χ2v) is 24.8. The molecule has 92 heavy (non-hydrogen) atoms. The molecule has 19 rings (SSSR count). The maximum atomic E-state index is 6.27. The lowest BCUT2D eigenvalue weighted by molar-refractivity contribution is 0.661. The van der Waals surface area contributed by atoms with Gasteiger partial charge in [-0.2, -0.15) is 15.0 Å². The van der Waals surface area contributed by atoms with Gasteiger partial charge >= 0.3 is 0 Å². The van der Waals surface area contributed by atoms with Crippen LogP contribution >= 0.6 is 0 Å². The van der Waals surface area contributed by atoms with Crippen molar-refractivity contribution < 1.29 is 4.42 Å². The topological polar surface area (TPSA) is 69.8 Å². The van der Waals surface area contributed by atoms with Gasteiger partial charge in [0.05, 0.1) is 33.1 Å². The SMILES string of the molecule is CC1(C)c2ccccc2-c2cc3c4ccccc4n(-c4nc(-c5cccc(-c6cccc(N(c7ccccc7)c7ccc8c9ccccc9n(-c9ccccc9)c8c7)c6)c5)nc(-n5c6ccccc6c6cc(-c7ccc8oc9ccccc9c8c7)ccc65)n4)c3cc21. The summed E-state index contributed by atoms with van der Waals surface area (Å²) in [5.74, 6) is 1.60. The molecule has 432 valence electrons. The van der Waals surface area contributed by atoms with E-state index in [0.717, 1.165) is 122 Å². The number of aromatic nitrogens is 6. The third kappa shape index (κ3) is 7.87. The Balaban J connectivity index is 0.794. The number of hydrogen-bond acceptors (Lipinski definition) is 5. The molecular weight excluding hydrogens is 1120 g/mol. The maximum absolute atomic E-state index is 6.27. The molecule has 0 spiro atoms. The fourth-order valence-corrected chi connectivity index (χ4v) is 15.0. The lowest BCUT2D eigenvalue weighted by Gasteiger charge is -2.26. The van der Waals surface area contributed by atoms with Gasteiger partial charge in [0.2, 0.25) is 11.9 Å². The molecule has 18 aromatic rings. The van der Waals surface area contributed by atoms with Crippen LogP contribution in [0.5, 0.6) is 0 Å². The van der Waals surface area contributed by atoms with Crippen LogP contribution in [0.1, 0.15) is 25.0 Å². The molecule has 5 aromatic heterocycles. The fourth-order valence-electron chi connectivity index (χ4n) is 15.0. The molecule has 0 saturated heterocycles. The molecule has 0 atom stereocenters. The van der Waals surface area contributed by atoms with Crippen LogP contribution in [0.2, 0.25) is 0 Å². The van der Waals surface area contributed by atoms with Crippen LogP contribution in [-0.4, -0.2) is 28.7 Å². The Kier molecular flexibility index (Phi) is 11.2. The number of nitrogens with zero attached hydrogens (tertiary/aromatic N) is 7. The third-order valence-electron chi connectivity index (χ3n) is 19.3. The summed E-state index contributed by atoms with van der Waals surface area (Å²) in [5.41, 5.74) is 22.4. The van der Waals surface area contributed by atoms with Crippen molar-refractivity contribution in [2.45, 2.75) is 19.3 Å². The van der Waals surface area contributed by atoms with Gasteiger partial charge in [0.1, 0.15) is 11.2 Å². The van der Waals surface area contributed by atoms with Crippen molar-refractivity contribution in [1.29, 1.82) is 0 Å². The number of anilines is 3. The maximum Gasteiger partial charge on any atom is 0.240 e. The second-order valence-electron chi connectivity index (χ2n) is 24.8. The Morgan fingerprint density at radius 3 is 1.57 bits per heavy atom. The van der Waals surface area contributed by atoms with Crippen LogP contribution in [0.4, 0.5) is 17.1 Å². The molecule has 0 aliphatic heterocycles. The largest absolute Gasteiger partial charge is 0.456 e. The molecule has 5 heterocycles. The van der Waals surface area contributed by atoms with E-state index < -0.39 is 0 Å². The molecule has 13 aromatic carbocycles. The third-order valence-corrected chi connectivity index (χ3v) is 19.3. The molecule has 0 amide bonds. The average Bonchev–Trinajstić information content (AvgIpc) is 1.56. The van der Waals surface area contributed by atoms with E-state index in [1.807, 2.05) is 12.1 Å². The van der Waals surface area contributed by atoms with Crippen LogP contribution in [0.25, 0.3) is 150 Å². The highest BCUT2D eigenvalue weighted by Crippen LogP contribution is 2.51. The van der Waals surface area contributed by atoms with Crippen LogP contribution in [0, 0.1) is 0 Å². The van der Waals surface area contributed by atoms with Crippen LogP contribution < -0.4 is 4.90 Å². The van der Waals surface area contributed by atoms with Crippen LogP contribution in [0.15, 0.2) is 302 Å². The first-order valence-electron chi connectivity index (χ1n) is 31.4. The van der Waals surface area contributed by atoms with Gasteiger partial charge in [0.25, 0.3) is 0 Å². The van der Waals surface area contributed by atoms with Gasteiger partial charge in [-0.3, -0.25) is 9.13 Å². The summed E-state index contributed by atoms with van der Waals surface area (Å²) in [4.78, 5) is 19.2. The molecule has 1 aliphatic rings. The highest BCUT2D eigenvalue weighted by Gasteiger charge is 2.36. The van der Waals surface area contributed by atoms with Gasteiger partial charge < -0.3 is 13.9 Å². The number of benzene rings is 13. The molecule has 0 radical (unpaired) electrons. The van der Waals surface area contributed by atoms with E-state index in [0.29, 0.717) is 17.7 Å². The summed E-state index contributed by atoms with van der Waals surface area (Å²) in [6.45, 7) is 4.68. The molecule has 0 fully saturated rings. The smallest absolute Gasteiger partial charge is 0.240 e. The van der Waals surface area contributed by atoms with E-state index in [1.54, 1.807) is 0 Å². The van der Waals surface area contributed by atoms with Crippen molar-refractivity contribution >= 4 is 104 Å². The van der Waals surface area contributed by atoms with Crippen molar-refractivity contribution in [3.05, 3.63) is 308 Å². The number of furan rings is 1. The fraction of sp³-hybridized carbons (Fsp3) is 0.0357. The first kappa shape index (κ1) is 51.9. The van der Waals surface area contributed by atoms with Crippen molar-refractivity contribution in [3.8, 4) is 62.4 Å². The predicted octanol–water partition coefficient (Wildman–Crippen LogP) is 21.8. The average molecular weight is 1180 g/mol. The Morgan fingerprint density at radius 1 is 0.293 bits per heavy atom. The summed E-state index contributed by atoms with van der Waals surface area (Å²) in [6, 6.07) is 107. The van der Waals surface area contributed by atoms with Crippen molar-refractivity contribution in [1.82, 2.24) is 28.7 Å². The molecule has 0 N–H and O–H groups in total. The lowest BCUT2D eigenvalue weighted by Crippen LogP contribution is -2.15. The van der Waals surface area contributed by atoms with Crippen molar-refractivity contribution in [3.63, 3.8) is 0 Å². The molecule has 1 aliphatic carbocycles. The lowest BCUT2D eigenvalue weighted by atomic mass is 9.82. The quantitative estimate of drug-likeness (QED) is 0.144. The monoisotopic (exact) mass is 1180 g/mol. The van der Waals surface area contributed by atoms with Crippen molar-refractivity contribution in [2.24, 2.45) is 0 Å². The molecule has 0 unspecified atom stereocenters. The number of fused-ring (bicyclic) bond motifs is 15. The molecule has 0 saturated carbocycles. The summed E-state index contributed by atoms with van der Waals surface area (Å²) in [7, 11) is 0. The minimum atomic E-state index is -0.232. The van der Waals surface area contributed by atoms with Gasteiger partial charge in [-0.25, -0.2) is 0 Å². The van der Waals surface area contributed by atoms with E-state index >= 15 is 0 Å². The zero-order valence-electron chi connectivity index (χ0n) is 50.3. The van der Waals surface area contributed by atoms with Gasteiger partial charge in [-0.15, -0.1) is 0 Å². The van der Waals surface area contributed by atoms with Gasteiger partial charge in [-0.05, 0) is 160 Å². The standard InChI is InChI=1S/C84H55N7O/c1-84(2)71-34-14-9-29-61(71)67-50-69-64-32-12-17-37-75(64)91(78(69)51-72(67)84)83-86-81(85-82(87-83)90-74-36-16-11-31-63(74)68-47-54(39-43-76(68)90)55-40-44-80-70(48-55)66-33-13-18-38-79(66)92-80)56-23-19-21-52(45-56)53-22-20-28-59(46-53)88(57-24-5-3-6-25-57)60-41-42-65-62-30-10-15-35-73(62)89(77(65)49-60)58-26-7-4-8-27-58/h3-51H,1-2H3. The summed E-state index contributed by atoms with van der Waals surface area (Å²) >= 11 is 0. The highest BCUT2D eigenvalue weighted by molar-refractivity contribution is 6.14. The Labute approximate surface area is 529 Å². The minimum Gasteiger partial charge on any atom is -0.456 e. The Bertz CT molecular complexity index is 6070. The predicted molar refractivity (Wildman–Crippen MR) is 379 cm³/mol. The Morgan fingerprint density at radius 2 is 0.804 bits per heavy atom. The van der Waals surface area contributed by atoms with Gasteiger partial charge in [0.15, 0.2) is 5.82 Å². The normalized spacial score (nSPS) is 12.8. The molecule has 8 nitrogen and oxygen atoms in total. The highest BCUT2D eigenvalue weighted by atomic mass is 16.3. The molecular formula is C84H55N7O. The van der Waals surface area contributed by atoms with E-state index in [2.05, 4.69) is 318 Å². The van der Waals surface area contributed by atoms with E-state index in [1.165, 1.54) is 38.5 Å². The van der Waals surface area contributed by atoms with Crippen molar-refractivity contribution in [2.75, 3.05) is 4.90 Å². The van der Waals surface area contributed by atoms with E-state index in [9.17, 15) is 0 Å².